The van der Waals surface area contributed by atoms with Crippen molar-refractivity contribution >= 4 is 55.6 Å². The molecule has 5 heteroatoms. The van der Waals surface area contributed by atoms with E-state index in [1.807, 2.05) is 6.20 Å². The minimum absolute atomic E-state index is 0.984. The molecule has 3 rings (SSSR count). The predicted octanol–water partition coefficient (Wildman–Crippen LogP) is 4.33. The maximum atomic E-state index is 4.66. The molecule has 0 unspecified atom stereocenters. The SMILES string of the molecule is Cc1ccsc1-c1cnc2c(I)csc2n1. The maximum absolute atomic E-state index is 4.66. The number of hydrogen-bond acceptors (Lipinski definition) is 4. The van der Waals surface area contributed by atoms with Gasteiger partial charge in [-0.15, -0.1) is 22.7 Å². The number of rotatable bonds is 1. The first-order valence-electron chi connectivity index (χ1n) is 4.70. The van der Waals surface area contributed by atoms with Gasteiger partial charge in [0.25, 0.3) is 0 Å². The molecule has 2 nitrogen and oxygen atoms in total. The van der Waals surface area contributed by atoms with Crippen LogP contribution in [0.5, 0.6) is 0 Å². The van der Waals surface area contributed by atoms with Gasteiger partial charge in [-0.2, -0.15) is 0 Å². The lowest BCUT2D eigenvalue weighted by molar-refractivity contribution is 1.31. The number of halogens is 1. The molecule has 0 spiro atoms. The molecule has 0 aliphatic rings. The summed E-state index contributed by atoms with van der Waals surface area (Å²) in [6.07, 6.45) is 1.87. The molecule has 0 aliphatic carbocycles. The van der Waals surface area contributed by atoms with Gasteiger partial charge in [0.05, 0.1) is 14.6 Å². The molecule has 80 valence electrons. The molecule has 3 aromatic heterocycles. The normalized spacial score (nSPS) is 11.1. The second-order valence-corrected chi connectivity index (χ2v) is 6.36. The fraction of sp³-hybridized carbons (Fsp3) is 0.0909. The van der Waals surface area contributed by atoms with Crippen LogP contribution in [0.3, 0.4) is 0 Å². The molecule has 0 radical (unpaired) electrons. The van der Waals surface area contributed by atoms with E-state index >= 15 is 0 Å². The Morgan fingerprint density at radius 3 is 2.94 bits per heavy atom. The lowest BCUT2D eigenvalue weighted by Crippen LogP contribution is -1.85. The van der Waals surface area contributed by atoms with Gasteiger partial charge in [-0.1, -0.05) is 0 Å². The minimum atomic E-state index is 0.984. The van der Waals surface area contributed by atoms with Crippen molar-refractivity contribution < 1.29 is 0 Å². The summed E-state index contributed by atoms with van der Waals surface area (Å²) < 4.78 is 1.18. The van der Waals surface area contributed by atoms with Gasteiger partial charge in [-0.3, -0.25) is 4.98 Å². The van der Waals surface area contributed by atoms with Gasteiger partial charge >= 0.3 is 0 Å². The van der Waals surface area contributed by atoms with Gasteiger partial charge in [0.1, 0.15) is 16.0 Å². The van der Waals surface area contributed by atoms with Crippen molar-refractivity contribution in [2.24, 2.45) is 0 Å². The molecule has 0 atom stereocenters. The van der Waals surface area contributed by atoms with Crippen LogP contribution in [0.15, 0.2) is 23.0 Å². The Hall–Kier alpha value is -0.530. The Bertz CT molecular complexity index is 657. The highest BCUT2D eigenvalue weighted by molar-refractivity contribution is 14.1. The molecule has 3 heterocycles. The summed E-state index contributed by atoms with van der Waals surface area (Å²) in [5, 5.41) is 4.19. The molecular weight excluding hydrogens is 351 g/mol. The number of aryl methyl sites for hydroxylation is 1. The van der Waals surface area contributed by atoms with Crippen LogP contribution in [0.1, 0.15) is 5.56 Å². The molecule has 0 bridgehead atoms. The fourth-order valence-electron chi connectivity index (χ4n) is 1.53. The monoisotopic (exact) mass is 358 g/mol. The summed E-state index contributed by atoms with van der Waals surface area (Å²) in [4.78, 5) is 11.4. The molecule has 0 aliphatic heterocycles. The summed E-state index contributed by atoms with van der Waals surface area (Å²) in [6, 6.07) is 2.12. The average Bonchev–Trinajstić information content (AvgIpc) is 2.86. The number of aromatic nitrogens is 2. The minimum Gasteiger partial charge on any atom is -0.250 e. The zero-order valence-corrected chi connectivity index (χ0v) is 12.2. The zero-order chi connectivity index (χ0) is 11.1. The highest BCUT2D eigenvalue weighted by atomic mass is 127. The summed E-state index contributed by atoms with van der Waals surface area (Å²) in [7, 11) is 0. The fourth-order valence-corrected chi connectivity index (χ4v) is 4.12. The molecule has 0 fully saturated rings. The highest BCUT2D eigenvalue weighted by Crippen LogP contribution is 2.30. The first-order valence-corrected chi connectivity index (χ1v) is 7.54. The van der Waals surface area contributed by atoms with Crippen LogP contribution < -0.4 is 0 Å². The van der Waals surface area contributed by atoms with E-state index in [1.165, 1.54) is 14.0 Å². The van der Waals surface area contributed by atoms with Crippen molar-refractivity contribution in [3.05, 3.63) is 32.2 Å². The third-order valence-electron chi connectivity index (χ3n) is 2.34. The van der Waals surface area contributed by atoms with E-state index < -0.39 is 0 Å². The van der Waals surface area contributed by atoms with Gasteiger partial charge in [0.2, 0.25) is 0 Å². The molecule has 0 saturated heterocycles. The largest absolute Gasteiger partial charge is 0.250 e. The first-order chi connectivity index (χ1) is 7.75. The third-order valence-corrected chi connectivity index (χ3v) is 5.48. The van der Waals surface area contributed by atoms with Gasteiger partial charge in [-0.05, 0) is 46.5 Å². The van der Waals surface area contributed by atoms with E-state index in [9.17, 15) is 0 Å². The van der Waals surface area contributed by atoms with E-state index in [1.54, 1.807) is 22.7 Å². The predicted molar refractivity (Wildman–Crippen MR) is 78.2 cm³/mol. The van der Waals surface area contributed by atoms with Gasteiger partial charge in [0, 0.05) is 5.38 Å². The lowest BCUT2D eigenvalue weighted by atomic mass is 10.2. The Morgan fingerprint density at radius 1 is 1.31 bits per heavy atom. The summed E-state index contributed by atoms with van der Waals surface area (Å²) in [6.45, 7) is 2.11. The van der Waals surface area contributed by atoms with Crippen molar-refractivity contribution in [2.75, 3.05) is 0 Å². The molecule has 0 aromatic carbocycles. The number of nitrogens with zero attached hydrogens (tertiary/aromatic N) is 2. The molecule has 16 heavy (non-hydrogen) atoms. The van der Waals surface area contributed by atoms with E-state index in [2.05, 4.69) is 56.3 Å². The third kappa shape index (κ3) is 1.66. The quantitative estimate of drug-likeness (QED) is 0.605. The van der Waals surface area contributed by atoms with Gasteiger partial charge < -0.3 is 0 Å². The standard InChI is InChI=1S/C11H7IN2S2/c1-6-2-3-15-10(6)8-4-13-9-7(12)5-16-11(9)14-8/h2-5H,1H3. The van der Waals surface area contributed by atoms with E-state index in [0.717, 1.165) is 16.0 Å². The van der Waals surface area contributed by atoms with Gasteiger partial charge in [-0.25, -0.2) is 4.98 Å². The Kier molecular flexibility index (Phi) is 2.68. The van der Waals surface area contributed by atoms with E-state index in [-0.39, 0.29) is 0 Å². The van der Waals surface area contributed by atoms with Crippen LogP contribution in [0, 0.1) is 10.5 Å². The molecular formula is C11H7IN2S2. The van der Waals surface area contributed by atoms with Crippen LogP contribution in [-0.2, 0) is 0 Å². The van der Waals surface area contributed by atoms with Crippen LogP contribution in [0.4, 0.5) is 0 Å². The number of fused-ring (bicyclic) bond motifs is 1. The van der Waals surface area contributed by atoms with Crippen molar-refractivity contribution in [3.8, 4) is 10.6 Å². The van der Waals surface area contributed by atoms with Gasteiger partial charge in [0.15, 0.2) is 0 Å². The molecule has 0 amide bonds. The van der Waals surface area contributed by atoms with Crippen LogP contribution in [-0.4, -0.2) is 9.97 Å². The van der Waals surface area contributed by atoms with Crippen LogP contribution in [0.25, 0.3) is 20.9 Å². The van der Waals surface area contributed by atoms with Crippen LogP contribution in [0.2, 0.25) is 0 Å². The van der Waals surface area contributed by atoms with Crippen molar-refractivity contribution in [1.29, 1.82) is 0 Å². The summed E-state index contributed by atoms with van der Waals surface area (Å²) in [5.41, 5.74) is 3.27. The summed E-state index contributed by atoms with van der Waals surface area (Å²) >= 11 is 5.67. The van der Waals surface area contributed by atoms with Crippen LogP contribution >= 0.6 is 45.3 Å². The first kappa shape index (κ1) is 10.6. The highest BCUT2D eigenvalue weighted by Gasteiger charge is 2.09. The number of thiophene rings is 2. The smallest absolute Gasteiger partial charge is 0.143 e. The summed E-state index contributed by atoms with van der Waals surface area (Å²) in [5.74, 6) is 0. The van der Waals surface area contributed by atoms with E-state index in [4.69, 9.17) is 0 Å². The second kappa shape index (κ2) is 4.05. The lowest BCUT2D eigenvalue weighted by Gasteiger charge is -1.98. The van der Waals surface area contributed by atoms with Crippen molar-refractivity contribution in [1.82, 2.24) is 9.97 Å². The molecule has 3 aromatic rings. The zero-order valence-electron chi connectivity index (χ0n) is 8.40. The van der Waals surface area contributed by atoms with Crippen molar-refractivity contribution in [3.63, 3.8) is 0 Å². The Morgan fingerprint density at radius 2 is 2.19 bits per heavy atom. The molecule has 0 saturated carbocycles. The maximum Gasteiger partial charge on any atom is 0.143 e. The van der Waals surface area contributed by atoms with Crippen molar-refractivity contribution in [2.45, 2.75) is 6.92 Å². The second-order valence-electron chi connectivity index (χ2n) is 3.43. The number of hydrogen-bond donors (Lipinski definition) is 0. The average molecular weight is 358 g/mol. The molecule has 0 N–H and O–H groups in total. The Balaban J connectivity index is 2.23. The van der Waals surface area contributed by atoms with E-state index in [0.29, 0.717) is 0 Å². The Labute approximate surface area is 115 Å². The topological polar surface area (TPSA) is 25.8 Å².